The number of carbonyl (C=O) groups is 2. The van der Waals surface area contributed by atoms with Crippen LogP contribution in [0.2, 0.25) is 0 Å². The summed E-state index contributed by atoms with van der Waals surface area (Å²) in [6.07, 6.45) is 1.66. The maximum atomic E-state index is 12.8. The fourth-order valence-electron chi connectivity index (χ4n) is 2.68. The molecular weight excluding hydrogens is 382 g/mol. The molecule has 4 aromatic rings. The van der Waals surface area contributed by atoms with Gasteiger partial charge >= 0.3 is 0 Å². The summed E-state index contributed by atoms with van der Waals surface area (Å²) >= 11 is 2.87. The smallest absolute Gasteiger partial charge is 0.258 e. The molecule has 9 heteroatoms. The number of aryl methyl sites for hydroxylation is 1. The monoisotopic (exact) mass is 397 g/mol. The summed E-state index contributed by atoms with van der Waals surface area (Å²) in [5, 5.41) is 11.9. The van der Waals surface area contributed by atoms with Gasteiger partial charge in [0, 0.05) is 22.9 Å². The number of thiophene rings is 1. The average Bonchev–Trinajstić information content (AvgIpc) is 3.36. The number of pyridine rings is 1. The second kappa shape index (κ2) is 7.01. The third-order valence-electron chi connectivity index (χ3n) is 3.95. The van der Waals surface area contributed by atoms with Crippen molar-refractivity contribution in [1.29, 1.82) is 0 Å². The van der Waals surface area contributed by atoms with E-state index in [1.807, 2.05) is 24.4 Å². The number of carbonyl (C=O) groups excluding carboxylic acids is 2. The molecule has 0 aliphatic carbocycles. The molecule has 0 radical (unpaired) electrons. The molecule has 7 nitrogen and oxygen atoms in total. The minimum atomic E-state index is -0.300. The summed E-state index contributed by atoms with van der Waals surface area (Å²) in [7, 11) is 0. The molecule has 27 heavy (non-hydrogen) atoms. The van der Waals surface area contributed by atoms with E-state index in [4.69, 9.17) is 0 Å². The third-order valence-corrected chi connectivity index (χ3v) is 5.57. The molecule has 0 bridgehead atoms. The van der Waals surface area contributed by atoms with Crippen molar-refractivity contribution < 1.29 is 9.59 Å². The minimum Gasteiger partial charge on any atom is -0.298 e. The van der Waals surface area contributed by atoms with Crippen LogP contribution in [0.15, 0.2) is 35.2 Å². The summed E-state index contributed by atoms with van der Waals surface area (Å²) < 4.78 is 1.79. The molecule has 0 aromatic carbocycles. The lowest BCUT2D eigenvalue weighted by Crippen LogP contribution is -2.13. The standard InChI is InChI=1S/C18H15N5O2S2/c1-10-6-13(17(25)22-18-21-15(9-27-18)11(2)24)14-7-19-23(16(14)20-10)8-12-4-3-5-26-12/h3-7,9H,8H2,1-2H3,(H,21,22,25). The van der Waals surface area contributed by atoms with Crippen LogP contribution in [-0.4, -0.2) is 31.4 Å². The summed E-state index contributed by atoms with van der Waals surface area (Å²) in [4.78, 5) is 34.0. The van der Waals surface area contributed by atoms with Crippen LogP contribution in [0.3, 0.4) is 0 Å². The van der Waals surface area contributed by atoms with Gasteiger partial charge in [-0.2, -0.15) is 5.10 Å². The molecular formula is C18H15N5O2S2. The molecule has 0 aliphatic rings. The summed E-state index contributed by atoms with van der Waals surface area (Å²) in [6, 6.07) is 5.76. The van der Waals surface area contributed by atoms with Crippen molar-refractivity contribution >= 4 is 50.5 Å². The Labute approximate surface area is 162 Å². The Hall–Kier alpha value is -2.91. The summed E-state index contributed by atoms with van der Waals surface area (Å²) in [5.41, 5.74) is 2.21. The van der Waals surface area contributed by atoms with Crippen molar-refractivity contribution in [2.75, 3.05) is 5.32 Å². The number of anilines is 1. The van der Waals surface area contributed by atoms with Crippen LogP contribution in [0, 0.1) is 6.92 Å². The molecule has 4 rings (SSSR count). The zero-order chi connectivity index (χ0) is 19.0. The number of nitrogens with one attached hydrogen (secondary N) is 1. The van der Waals surface area contributed by atoms with E-state index in [-0.39, 0.29) is 11.7 Å². The van der Waals surface area contributed by atoms with Crippen LogP contribution in [0.4, 0.5) is 5.13 Å². The first-order valence-electron chi connectivity index (χ1n) is 8.14. The number of nitrogens with zero attached hydrogens (tertiary/aromatic N) is 4. The highest BCUT2D eigenvalue weighted by Crippen LogP contribution is 2.23. The third kappa shape index (κ3) is 3.51. The lowest BCUT2D eigenvalue weighted by atomic mass is 10.1. The van der Waals surface area contributed by atoms with Gasteiger partial charge < -0.3 is 0 Å². The van der Waals surface area contributed by atoms with Gasteiger partial charge in [0.25, 0.3) is 5.91 Å². The first-order chi connectivity index (χ1) is 13.0. The Morgan fingerprint density at radius 3 is 2.81 bits per heavy atom. The Balaban J connectivity index is 1.67. The molecule has 0 fully saturated rings. The summed E-state index contributed by atoms with van der Waals surface area (Å²) in [5.74, 6) is -0.436. The van der Waals surface area contributed by atoms with Crippen molar-refractivity contribution in [1.82, 2.24) is 19.7 Å². The van der Waals surface area contributed by atoms with Crippen molar-refractivity contribution in [2.45, 2.75) is 20.4 Å². The second-order valence-corrected chi connectivity index (χ2v) is 7.87. The Bertz CT molecular complexity index is 1140. The van der Waals surface area contributed by atoms with Crippen molar-refractivity contribution in [3.05, 3.63) is 57.0 Å². The minimum absolute atomic E-state index is 0.135. The van der Waals surface area contributed by atoms with Crippen LogP contribution in [0.25, 0.3) is 11.0 Å². The van der Waals surface area contributed by atoms with Gasteiger partial charge in [0.1, 0.15) is 5.69 Å². The molecule has 0 saturated carbocycles. The Morgan fingerprint density at radius 1 is 1.26 bits per heavy atom. The normalized spacial score (nSPS) is 11.0. The highest BCUT2D eigenvalue weighted by molar-refractivity contribution is 7.14. The van der Waals surface area contributed by atoms with Crippen molar-refractivity contribution in [3.63, 3.8) is 0 Å². The van der Waals surface area contributed by atoms with E-state index in [0.29, 0.717) is 34.0 Å². The van der Waals surface area contributed by atoms with Crippen LogP contribution >= 0.6 is 22.7 Å². The number of Topliss-reactive ketones (excluding diaryl/α,β-unsaturated/α-hetero) is 1. The zero-order valence-electron chi connectivity index (χ0n) is 14.6. The van der Waals surface area contributed by atoms with Gasteiger partial charge in [-0.15, -0.1) is 22.7 Å². The molecule has 1 amide bonds. The van der Waals surface area contributed by atoms with Crippen LogP contribution in [-0.2, 0) is 6.54 Å². The number of thiazole rings is 1. The Morgan fingerprint density at radius 2 is 2.11 bits per heavy atom. The van der Waals surface area contributed by atoms with Gasteiger partial charge in [-0.25, -0.2) is 14.6 Å². The molecule has 136 valence electrons. The molecule has 0 aliphatic heterocycles. The summed E-state index contributed by atoms with van der Waals surface area (Å²) in [6.45, 7) is 3.89. The fraction of sp³-hybridized carbons (Fsp3) is 0.167. The molecule has 0 unspecified atom stereocenters. The SMILES string of the molecule is CC(=O)c1csc(NC(=O)c2cc(C)nc3c2cnn3Cc2cccs2)n1. The van der Waals surface area contributed by atoms with Gasteiger partial charge in [0.2, 0.25) is 0 Å². The quantitative estimate of drug-likeness (QED) is 0.518. The van der Waals surface area contributed by atoms with E-state index < -0.39 is 0 Å². The van der Waals surface area contributed by atoms with E-state index in [0.717, 1.165) is 10.6 Å². The molecule has 4 heterocycles. The van der Waals surface area contributed by atoms with Gasteiger partial charge in [0.15, 0.2) is 16.6 Å². The first-order valence-corrected chi connectivity index (χ1v) is 9.90. The number of aromatic nitrogens is 4. The van der Waals surface area contributed by atoms with E-state index in [1.54, 1.807) is 33.7 Å². The number of hydrogen-bond acceptors (Lipinski definition) is 7. The molecule has 1 N–H and O–H groups in total. The van der Waals surface area contributed by atoms with E-state index in [2.05, 4.69) is 20.4 Å². The number of hydrogen-bond donors (Lipinski definition) is 1. The highest BCUT2D eigenvalue weighted by atomic mass is 32.1. The second-order valence-electron chi connectivity index (χ2n) is 5.98. The van der Waals surface area contributed by atoms with Gasteiger partial charge in [-0.3, -0.25) is 14.9 Å². The van der Waals surface area contributed by atoms with Gasteiger partial charge in [0.05, 0.1) is 23.7 Å². The fourth-order valence-corrected chi connectivity index (χ4v) is 4.11. The maximum Gasteiger partial charge on any atom is 0.258 e. The van der Waals surface area contributed by atoms with Gasteiger partial charge in [-0.1, -0.05) is 6.07 Å². The number of amides is 1. The van der Waals surface area contributed by atoms with E-state index in [9.17, 15) is 9.59 Å². The first kappa shape index (κ1) is 17.5. The van der Waals surface area contributed by atoms with Gasteiger partial charge in [-0.05, 0) is 24.4 Å². The largest absolute Gasteiger partial charge is 0.298 e. The van der Waals surface area contributed by atoms with Crippen LogP contribution in [0.1, 0.15) is 38.3 Å². The average molecular weight is 397 g/mol. The van der Waals surface area contributed by atoms with E-state index in [1.165, 1.54) is 18.3 Å². The maximum absolute atomic E-state index is 12.8. The molecule has 0 atom stereocenters. The van der Waals surface area contributed by atoms with E-state index >= 15 is 0 Å². The predicted molar refractivity (Wildman–Crippen MR) is 106 cm³/mol. The Kier molecular flexibility index (Phi) is 4.54. The number of fused-ring (bicyclic) bond motifs is 1. The predicted octanol–water partition coefficient (Wildman–Crippen LogP) is 3.76. The van der Waals surface area contributed by atoms with Crippen molar-refractivity contribution in [2.24, 2.45) is 0 Å². The molecule has 0 spiro atoms. The molecule has 0 saturated heterocycles. The topological polar surface area (TPSA) is 89.8 Å². The zero-order valence-corrected chi connectivity index (χ0v) is 16.2. The van der Waals surface area contributed by atoms with Crippen LogP contribution < -0.4 is 5.32 Å². The number of ketones is 1. The van der Waals surface area contributed by atoms with Crippen molar-refractivity contribution in [3.8, 4) is 0 Å². The lowest BCUT2D eigenvalue weighted by Gasteiger charge is -2.06. The lowest BCUT2D eigenvalue weighted by molar-refractivity contribution is 0.100. The molecule has 4 aromatic heterocycles. The number of rotatable bonds is 5. The van der Waals surface area contributed by atoms with Crippen LogP contribution in [0.5, 0.6) is 0 Å². The highest BCUT2D eigenvalue weighted by Gasteiger charge is 2.18.